The summed E-state index contributed by atoms with van der Waals surface area (Å²) in [6, 6.07) is 5.38. The average Bonchev–Trinajstić information content (AvgIpc) is 2.30. The summed E-state index contributed by atoms with van der Waals surface area (Å²) in [7, 11) is 0. The lowest BCUT2D eigenvalue weighted by Gasteiger charge is -2.25. The van der Waals surface area contributed by atoms with Gasteiger partial charge in [-0.05, 0) is 43.5 Å². The van der Waals surface area contributed by atoms with Gasteiger partial charge in [0.25, 0.3) is 0 Å². The lowest BCUT2D eigenvalue weighted by atomic mass is 9.94. The molecule has 1 saturated heterocycles. The molecule has 2 atom stereocenters. The Morgan fingerprint density at radius 1 is 1.47 bits per heavy atom. The van der Waals surface area contributed by atoms with E-state index in [-0.39, 0.29) is 5.82 Å². The van der Waals surface area contributed by atoms with E-state index in [0.29, 0.717) is 11.6 Å². The van der Waals surface area contributed by atoms with Gasteiger partial charge in [0.15, 0.2) is 0 Å². The van der Waals surface area contributed by atoms with Crippen LogP contribution < -0.4 is 5.32 Å². The maximum absolute atomic E-state index is 13.5. The quantitative estimate of drug-likeness (QED) is 0.870. The molecule has 0 saturated carbocycles. The molecule has 0 aromatic heterocycles. The van der Waals surface area contributed by atoms with Crippen molar-refractivity contribution >= 4 is 22.0 Å². The lowest BCUT2D eigenvalue weighted by Crippen LogP contribution is -2.35. The van der Waals surface area contributed by atoms with E-state index >= 15 is 0 Å². The predicted molar refractivity (Wildman–Crippen MR) is 73.3 cm³/mol. The maximum Gasteiger partial charge on any atom is 0.130 e. The summed E-state index contributed by atoms with van der Waals surface area (Å²) in [5.74, 6) is 0.576. The smallest absolute Gasteiger partial charge is 0.130 e. The zero-order valence-corrected chi connectivity index (χ0v) is 11.5. The molecule has 1 fully saturated rings. The van der Waals surface area contributed by atoms with Crippen LogP contribution in [0.25, 0.3) is 6.08 Å². The third kappa shape index (κ3) is 3.65. The van der Waals surface area contributed by atoms with Crippen molar-refractivity contribution in [1.29, 1.82) is 0 Å². The van der Waals surface area contributed by atoms with Crippen LogP contribution in [0.1, 0.15) is 25.3 Å². The Morgan fingerprint density at radius 2 is 2.29 bits per heavy atom. The number of hydrogen-bond donors (Lipinski definition) is 1. The highest BCUT2D eigenvalue weighted by atomic mass is 79.9. The van der Waals surface area contributed by atoms with E-state index in [0.717, 1.165) is 23.4 Å². The Balaban J connectivity index is 2.06. The number of halogens is 2. The standard InChI is InChI=1S/C14H17BrFN/c1-10-6-7-17-13(8-10)4-2-11-9-12(15)3-5-14(11)16/h2-5,9-10,13,17H,6-8H2,1H3/b4-2+. The Bertz CT molecular complexity index is 417. The fraction of sp³-hybridized carbons (Fsp3) is 0.429. The summed E-state index contributed by atoms with van der Waals surface area (Å²) in [5.41, 5.74) is 0.638. The molecular weight excluding hydrogens is 281 g/mol. The number of nitrogens with one attached hydrogen (secondary N) is 1. The van der Waals surface area contributed by atoms with Gasteiger partial charge in [0.2, 0.25) is 0 Å². The second-order valence-corrected chi connectivity index (χ2v) is 5.63. The van der Waals surface area contributed by atoms with Crippen LogP contribution in [0.15, 0.2) is 28.7 Å². The molecule has 17 heavy (non-hydrogen) atoms. The maximum atomic E-state index is 13.5. The van der Waals surface area contributed by atoms with Crippen molar-refractivity contribution in [2.45, 2.75) is 25.8 Å². The van der Waals surface area contributed by atoms with E-state index in [1.807, 2.05) is 6.08 Å². The van der Waals surface area contributed by atoms with E-state index < -0.39 is 0 Å². The van der Waals surface area contributed by atoms with E-state index in [4.69, 9.17) is 0 Å². The van der Waals surface area contributed by atoms with Crippen LogP contribution in [0.2, 0.25) is 0 Å². The van der Waals surface area contributed by atoms with Gasteiger partial charge in [0, 0.05) is 16.1 Å². The van der Waals surface area contributed by atoms with Crippen LogP contribution in [-0.2, 0) is 0 Å². The van der Waals surface area contributed by atoms with Crippen molar-refractivity contribution in [3.8, 4) is 0 Å². The first-order valence-corrected chi connectivity index (χ1v) is 6.81. The molecule has 0 radical (unpaired) electrons. The van der Waals surface area contributed by atoms with Crippen LogP contribution in [0, 0.1) is 11.7 Å². The number of rotatable bonds is 2. The second-order valence-electron chi connectivity index (χ2n) is 4.72. The summed E-state index contributed by atoms with van der Waals surface area (Å²) >= 11 is 3.36. The van der Waals surface area contributed by atoms with Gasteiger partial charge in [-0.15, -0.1) is 0 Å². The molecule has 1 nitrogen and oxygen atoms in total. The van der Waals surface area contributed by atoms with Gasteiger partial charge >= 0.3 is 0 Å². The van der Waals surface area contributed by atoms with Crippen LogP contribution in [0.3, 0.4) is 0 Å². The number of benzene rings is 1. The van der Waals surface area contributed by atoms with Gasteiger partial charge in [0.05, 0.1) is 0 Å². The van der Waals surface area contributed by atoms with Crippen LogP contribution in [0.4, 0.5) is 4.39 Å². The first-order chi connectivity index (χ1) is 8.15. The van der Waals surface area contributed by atoms with Crippen molar-refractivity contribution < 1.29 is 4.39 Å². The molecule has 0 aliphatic carbocycles. The zero-order valence-electron chi connectivity index (χ0n) is 9.92. The molecule has 1 aromatic rings. The van der Waals surface area contributed by atoms with Gasteiger partial charge in [-0.2, -0.15) is 0 Å². The molecule has 3 heteroatoms. The van der Waals surface area contributed by atoms with E-state index in [1.54, 1.807) is 12.1 Å². The largest absolute Gasteiger partial charge is 0.310 e. The highest BCUT2D eigenvalue weighted by Gasteiger charge is 2.15. The molecule has 1 heterocycles. The Hall–Kier alpha value is -0.670. The van der Waals surface area contributed by atoms with E-state index in [1.165, 1.54) is 12.5 Å². The van der Waals surface area contributed by atoms with Crippen molar-refractivity contribution in [2.75, 3.05) is 6.54 Å². The summed E-state index contributed by atoms with van der Waals surface area (Å²) in [4.78, 5) is 0. The fourth-order valence-electron chi connectivity index (χ4n) is 2.16. The molecule has 1 aliphatic heterocycles. The van der Waals surface area contributed by atoms with Crippen LogP contribution in [0.5, 0.6) is 0 Å². The molecule has 92 valence electrons. The molecule has 0 spiro atoms. The molecule has 2 rings (SSSR count). The van der Waals surface area contributed by atoms with Gasteiger partial charge in [-0.1, -0.05) is 35.0 Å². The minimum Gasteiger partial charge on any atom is -0.310 e. The number of piperidine rings is 1. The molecule has 1 aromatic carbocycles. The third-order valence-corrected chi connectivity index (χ3v) is 3.66. The Kier molecular flexibility index (Phi) is 4.35. The van der Waals surface area contributed by atoms with E-state index in [9.17, 15) is 4.39 Å². The lowest BCUT2D eigenvalue weighted by molar-refractivity contribution is 0.357. The highest BCUT2D eigenvalue weighted by molar-refractivity contribution is 9.10. The summed E-state index contributed by atoms with van der Waals surface area (Å²) < 4.78 is 14.4. The predicted octanol–water partition coefficient (Wildman–Crippen LogP) is 3.99. The van der Waals surface area contributed by atoms with Gasteiger partial charge in [-0.3, -0.25) is 0 Å². The Labute approximate surface area is 110 Å². The van der Waals surface area contributed by atoms with E-state index in [2.05, 4.69) is 34.2 Å². The summed E-state index contributed by atoms with van der Waals surface area (Å²) in [6.07, 6.45) is 6.30. The molecule has 1 N–H and O–H groups in total. The highest BCUT2D eigenvalue weighted by Crippen LogP contribution is 2.19. The van der Waals surface area contributed by atoms with Crippen molar-refractivity contribution in [3.05, 3.63) is 40.1 Å². The average molecular weight is 298 g/mol. The fourth-order valence-corrected chi connectivity index (χ4v) is 2.54. The first kappa shape index (κ1) is 12.8. The molecule has 0 bridgehead atoms. The number of hydrogen-bond acceptors (Lipinski definition) is 1. The second kappa shape index (κ2) is 5.78. The monoisotopic (exact) mass is 297 g/mol. The van der Waals surface area contributed by atoms with Crippen molar-refractivity contribution in [3.63, 3.8) is 0 Å². The minimum atomic E-state index is -0.173. The van der Waals surface area contributed by atoms with Gasteiger partial charge < -0.3 is 5.32 Å². The van der Waals surface area contributed by atoms with Gasteiger partial charge in [0.1, 0.15) is 5.82 Å². The van der Waals surface area contributed by atoms with Crippen LogP contribution in [-0.4, -0.2) is 12.6 Å². The molecule has 1 aliphatic rings. The minimum absolute atomic E-state index is 0.173. The first-order valence-electron chi connectivity index (χ1n) is 6.02. The Morgan fingerprint density at radius 3 is 3.06 bits per heavy atom. The van der Waals surface area contributed by atoms with Crippen molar-refractivity contribution in [1.82, 2.24) is 5.32 Å². The third-order valence-electron chi connectivity index (χ3n) is 3.17. The van der Waals surface area contributed by atoms with Gasteiger partial charge in [-0.25, -0.2) is 4.39 Å². The van der Waals surface area contributed by atoms with Crippen molar-refractivity contribution in [2.24, 2.45) is 5.92 Å². The zero-order chi connectivity index (χ0) is 12.3. The molecule has 2 unspecified atom stereocenters. The summed E-state index contributed by atoms with van der Waals surface area (Å²) in [6.45, 7) is 3.32. The molecular formula is C14H17BrFN. The SMILES string of the molecule is CC1CCNC(/C=C/c2cc(Br)ccc2F)C1. The molecule has 0 amide bonds. The summed E-state index contributed by atoms with van der Waals surface area (Å²) in [5, 5.41) is 3.43. The van der Waals surface area contributed by atoms with Crippen LogP contribution >= 0.6 is 15.9 Å². The topological polar surface area (TPSA) is 12.0 Å². The normalized spacial score (nSPS) is 25.4.